The number of hydrogen-bond donors (Lipinski definition) is 3. The van der Waals surface area contributed by atoms with Crippen LogP contribution in [-0.2, 0) is 10.0 Å². The lowest BCUT2D eigenvalue weighted by molar-refractivity contribution is -0.384. The fourth-order valence-electron chi connectivity index (χ4n) is 6.11. The molecular formula is C38H37FN6O6S2. The molecule has 1 saturated heterocycles. The number of nitro benzene ring substituents is 1. The molecule has 4 aromatic carbocycles. The Balaban J connectivity index is 1.02. The van der Waals surface area contributed by atoms with E-state index in [0.29, 0.717) is 55.2 Å². The summed E-state index contributed by atoms with van der Waals surface area (Å²) in [6.45, 7) is 4.98. The maximum atomic E-state index is 15.2. The van der Waals surface area contributed by atoms with Crippen molar-refractivity contribution in [3.8, 4) is 16.9 Å². The molecule has 274 valence electrons. The number of carbonyl (C=O) groups is 1. The van der Waals surface area contributed by atoms with Crippen molar-refractivity contribution in [3.05, 3.63) is 137 Å². The van der Waals surface area contributed by atoms with Gasteiger partial charge in [0.25, 0.3) is 21.6 Å². The van der Waals surface area contributed by atoms with Crippen molar-refractivity contribution in [2.24, 2.45) is 0 Å². The van der Waals surface area contributed by atoms with E-state index in [-0.39, 0.29) is 28.9 Å². The zero-order valence-electron chi connectivity index (χ0n) is 28.7. The molecule has 0 bridgehead atoms. The minimum Gasteiger partial charge on any atom is -0.506 e. The van der Waals surface area contributed by atoms with Crippen molar-refractivity contribution in [1.82, 2.24) is 14.6 Å². The summed E-state index contributed by atoms with van der Waals surface area (Å²) in [5.74, 6) is -0.571. The van der Waals surface area contributed by atoms with E-state index in [9.17, 15) is 28.4 Å². The van der Waals surface area contributed by atoms with Gasteiger partial charge in [-0.2, -0.15) is 0 Å². The van der Waals surface area contributed by atoms with Gasteiger partial charge in [-0.1, -0.05) is 30.3 Å². The fraction of sp³-hybridized carbons (Fsp3) is 0.211. The van der Waals surface area contributed by atoms with E-state index in [4.69, 9.17) is 0 Å². The minimum absolute atomic E-state index is 0.00888. The molecule has 2 heterocycles. The Morgan fingerprint density at radius 3 is 2.38 bits per heavy atom. The molecule has 0 aliphatic carbocycles. The van der Waals surface area contributed by atoms with Gasteiger partial charge in [0.05, 0.1) is 16.0 Å². The van der Waals surface area contributed by atoms with Gasteiger partial charge in [-0.25, -0.2) is 17.5 Å². The highest BCUT2D eigenvalue weighted by molar-refractivity contribution is 7.99. The van der Waals surface area contributed by atoms with Crippen LogP contribution < -0.4 is 14.9 Å². The third-order valence-electron chi connectivity index (χ3n) is 9.00. The van der Waals surface area contributed by atoms with Crippen LogP contribution in [0.4, 0.5) is 21.5 Å². The second kappa shape index (κ2) is 16.4. The highest BCUT2D eigenvalue weighted by atomic mass is 32.2. The van der Waals surface area contributed by atoms with Crippen LogP contribution in [0.3, 0.4) is 0 Å². The van der Waals surface area contributed by atoms with Crippen molar-refractivity contribution < 1.29 is 27.6 Å². The SMILES string of the molecule is CC(c1ccc(-c2cncc(O)c2)cc1F)N1CCN(c2ccc(C(=O)NS(=O)(=O)c3ccc(NCCSc4ccccc4)c([N+](=O)[O-])c3)cc2)CC1. The van der Waals surface area contributed by atoms with Crippen LogP contribution in [0.1, 0.15) is 28.9 Å². The van der Waals surface area contributed by atoms with E-state index in [0.717, 1.165) is 16.6 Å². The van der Waals surface area contributed by atoms with Crippen molar-refractivity contribution >= 4 is 44.8 Å². The summed E-state index contributed by atoms with van der Waals surface area (Å²) in [7, 11) is -4.42. The second-order valence-corrected chi connectivity index (χ2v) is 15.2. The molecule has 1 fully saturated rings. The summed E-state index contributed by atoms with van der Waals surface area (Å²) in [5, 5.41) is 24.5. The summed E-state index contributed by atoms with van der Waals surface area (Å²) in [4.78, 5) is 33.1. The van der Waals surface area contributed by atoms with Gasteiger partial charge in [0, 0.05) is 84.1 Å². The molecule has 0 saturated carbocycles. The molecule has 1 aliphatic rings. The van der Waals surface area contributed by atoms with Crippen LogP contribution in [0.25, 0.3) is 11.1 Å². The number of aromatic nitrogens is 1. The number of rotatable bonds is 13. The van der Waals surface area contributed by atoms with Gasteiger partial charge in [-0.3, -0.25) is 24.8 Å². The van der Waals surface area contributed by atoms with Crippen LogP contribution in [0.2, 0.25) is 0 Å². The van der Waals surface area contributed by atoms with Crippen LogP contribution in [0.5, 0.6) is 5.75 Å². The van der Waals surface area contributed by atoms with Gasteiger partial charge in [0.15, 0.2) is 0 Å². The Morgan fingerprint density at radius 1 is 0.962 bits per heavy atom. The summed E-state index contributed by atoms with van der Waals surface area (Å²) in [6.07, 6.45) is 2.89. The number of sulfonamides is 1. The lowest BCUT2D eigenvalue weighted by Gasteiger charge is -2.39. The van der Waals surface area contributed by atoms with Gasteiger partial charge >= 0.3 is 0 Å². The lowest BCUT2D eigenvalue weighted by atomic mass is 10.00. The number of piperazine rings is 1. The molecule has 1 atom stereocenters. The number of anilines is 2. The average molecular weight is 757 g/mol. The molecule has 3 N–H and O–H groups in total. The number of pyridine rings is 1. The number of nitro groups is 1. The van der Waals surface area contributed by atoms with E-state index >= 15 is 4.39 Å². The van der Waals surface area contributed by atoms with Gasteiger partial charge in [0.2, 0.25) is 0 Å². The van der Waals surface area contributed by atoms with Crippen LogP contribution in [0, 0.1) is 15.9 Å². The monoisotopic (exact) mass is 756 g/mol. The second-order valence-electron chi connectivity index (χ2n) is 12.4. The van der Waals surface area contributed by atoms with Crippen molar-refractivity contribution in [1.29, 1.82) is 0 Å². The first-order valence-electron chi connectivity index (χ1n) is 16.8. The molecule has 0 radical (unpaired) electrons. The molecule has 0 spiro atoms. The zero-order chi connectivity index (χ0) is 37.5. The number of thioether (sulfide) groups is 1. The summed E-state index contributed by atoms with van der Waals surface area (Å²) in [6, 6.07) is 26.1. The molecule has 12 nitrogen and oxygen atoms in total. The number of benzene rings is 4. The number of halogens is 1. The molecule has 1 aromatic heterocycles. The molecule has 53 heavy (non-hydrogen) atoms. The number of nitrogens with one attached hydrogen (secondary N) is 2. The smallest absolute Gasteiger partial charge is 0.293 e. The maximum absolute atomic E-state index is 15.2. The van der Waals surface area contributed by atoms with E-state index in [1.807, 2.05) is 48.0 Å². The maximum Gasteiger partial charge on any atom is 0.293 e. The molecule has 1 amide bonds. The van der Waals surface area contributed by atoms with Gasteiger partial charge in [-0.05, 0) is 73.2 Å². The standard InChI is InChI=1S/C38H37FN6O6S2/c1-26(34-13-9-28(22-35(34)39)29-21-31(46)25-40-24-29)43-16-18-44(19-17-43)30-10-7-27(8-11-30)38(47)42-53(50,51)33-12-14-36(37(23-33)45(48)49)41-15-20-52-32-5-3-2-4-6-32/h2-14,21-26,41,46H,15-20H2,1H3,(H,42,47). The summed E-state index contributed by atoms with van der Waals surface area (Å²) >= 11 is 1.58. The number of carbonyl (C=O) groups excluding carboxylic acids is 1. The Morgan fingerprint density at radius 2 is 1.70 bits per heavy atom. The lowest BCUT2D eigenvalue weighted by Crippen LogP contribution is -2.47. The summed E-state index contributed by atoms with van der Waals surface area (Å²) in [5.41, 5.74) is 2.51. The van der Waals surface area contributed by atoms with E-state index in [1.54, 1.807) is 36.2 Å². The Kier molecular flexibility index (Phi) is 11.6. The van der Waals surface area contributed by atoms with Crippen molar-refractivity contribution in [3.63, 3.8) is 0 Å². The molecular weight excluding hydrogens is 720 g/mol. The predicted molar refractivity (Wildman–Crippen MR) is 203 cm³/mol. The minimum atomic E-state index is -4.42. The molecule has 6 rings (SSSR count). The van der Waals surface area contributed by atoms with Crippen LogP contribution in [-0.4, -0.2) is 72.7 Å². The number of hydrogen-bond acceptors (Lipinski definition) is 11. The third-order valence-corrected chi connectivity index (χ3v) is 11.3. The fourth-order valence-corrected chi connectivity index (χ4v) is 7.89. The topological polar surface area (TPSA) is 158 Å². The summed E-state index contributed by atoms with van der Waals surface area (Å²) < 4.78 is 43.5. The number of nitrogens with zero attached hydrogens (tertiary/aromatic N) is 4. The van der Waals surface area contributed by atoms with Crippen LogP contribution >= 0.6 is 11.8 Å². The molecule has 5 aromatic rings. The average Bonchev–Trinajstić information content (AvgIpc) is 3.16. The Hall–Kier alpha value is -5.51. The molecule has 15 heteroatoms. The Labute approximate surface area is 310 Å². The molecule has 1 aliphatic heterocycles. The first kappa shape index (κ1) is 37.3. The van der Waals surface area contributed by atoms with Crippen LogP contribution in [0.15, 0.2) is 119 Å². The normalized spacial score (nSPS) is 14.0. The quantitative estimate of drug-likeness (QED) is 0.0508. The van der Waals surface area contributed by atoms with Crippen molar-refractivity contribution in [2.75, 3.05) is 48.7 Å². The largest absolute Gasteiger partial charge is 0.506 e. The van der Waals surface area contributed by atoms with Crippen molar-refractivity contribution in [2.45, 2.75) is 22.8 Å². The van der Waals surface area contributed by atoms with Gasteiger partial charge in [0.1, 0.15) is 17.3 Å². The van der Waals surface area contributed by atoms with E-state index in [1.165, 1.54) is 42.6 Å². The first-order valence-corrected chi connectivity index (χ1v) is 19.3. The molecule has 1 unspecified atom stereocenters. The van der Waals surface area contributed by atoms with E-state index in [2.05, 4.69) is 20.1 Å². The number of amides is 1. The highest BCUT2D eigenvalue weighted by Crippen LogP contribution is 2.31. The zero-order valence-corrected chi connectivity index (χ0v) is 30.3. The number of aromatic hydroxyl groups is 1. The van der Waals surface area contributed by atoms with E-state index < -0.39 is 31.4 Å². The predicted octanol–water partition coefficient (Wildman–Crippen LogP) is 6.71. The third kappa shape index (κ3) is 9.11. The first-order chi connectivity index (χ1) is 25.5. The Bertz CT molecular complexity index is 2200. The highest BCUT2D eigenvalue weighted by Gasteiger charge is 2.26. The van der Waals surface area contributed by atoms with Gasteiger partial charge < -0.3 is 15.3 Å². The van der Waals surface area contributed by atoms with Gasteiger partial charge in [-0.15, -0.1) is 11.8 Å².